The maximum atomic E-state index is 9.97. The van der Waals surface area contributed by atoms with Gasteiger partial charge >= 0.3 is 0 Å². The third-order valence-electron chi connectivity index (χ3n) is 2.67. The molecule has 0 amide bonds. The lowest BCUT2D eigenvalue weighted by molar-refractivity contribution is 0.0869. The highest BCUT2D eigenvalue weighted by Gasteiger charge is 2.24. The summed E-state index contributed by atoms with van der Waals surface area (Å²) in [6.45, 7) is 3.98. The summed E-state index contributed by atoms with van der Waals surface area (Å²) in [6, 6.07) is 5.93. The van der Waals surface area contributed by atoms with E-state index >= 15 is 0 Å². The van der Waals surface area contributed by atoms with Crippen LogP contribution in [0.3, 0.4) is 0 Å². The molecule has 0 aliphatic carbocycles. The fourth-order valence-electron chi connectivity index (χ4n) is 1.93. The molecule has 2 rings (SSSR count). The highest BCUT2D eigenvalue weighted by atomic mass is 16.5. The topological polar surface area (TPSA) is 29.5 Å². The van der Waals surface area contributed by atoms with Gasteiger partial charge in [0.25, 0.3) is 0 Å². The normalized spacial score (nSPS) is 25.0. The van der Waals surface area contributed by atoms with Gasteiger partial charge in [0.15, 0.2) is 0 Å². The fourth-order valence-corrected chi connectivity index (χ4v) is 1.93. The van der Waals surface area contributed by atoms with Crippen molar-refractivity contribution < 1.29 is 9.84 Å². The van der Waals surface area contributed by atoms with Crippen molar-refractivity contribution in [3.8, 4) is 5.75 Å². The van der Waals surface area contributed by atoms with Gasteiger partial charge < -0.3 is 9.84 Å². The van der Waals surface area contributed by atoms with Crippen molar-refractivity contribution in [2.24, 2.45) is 0 Å². The number of hydrogen-bond donors (Lipinski definition) is 1. The molecule has 15 heavy (non-hydrogen) atoms. The van der Waals surface area contributed by atoms with E-state index in [2.05, 4.69) is 0 Å². The SMILES string of the molecule is CC=C[C@H]1C[C@@H](O)c2cc(C)ccc2O1. The van der Waals surface area contributed by atoms with Crippen LogP contribution < -0.4 is 4.74 Å². The summed E-state index contributed by atoms with van der Waals surface area (Å²) in [4.78, 5) is 0. The number of aryl methyl sites for hydroxylation is 1. The molecule has 0 saturated heterocycles. The summed E-state index contributed by atoms with van der Waals surface area (Å²) in [6.07, 6.45) is 4.17. The molecule has 0 unspecified atom stereocenters. The van der Waals surface area contributed by atoms with Crippen LogP contribution in [0.15, 0.2) is 30.4 Å². The minimum absolute atomic E-state index is 0.000191. The third kappa shape index (κ3) is 2.05. The Morgan fingerprint density at radius 3 is 3.00 bits per heavy atom. The molecule has 2 heteroatoms. The van der Waals surface area contributed by atoms with Gasteiger partial charge in [-0.2, -0.15) is 0 Å². The van der Waals surface area contributed by atoms with Crippen LogP contribution in [0.5, 0.6) is 5.75 Å². The standard InChI is InChI=1S/C13H16O2/c1-3-4-10-8-12(14)11-7-9(2)5-6-13(11)15-10/h3-7,10,12,14H,8H2,1-2H3/t10-,12+/m0/s1. The number of fused-ring (bicyclic) bond motifs is 1. The molecule has 1 aliphatic rings. The number of allylic oxidation sites excluding steroid dienone is 1. The molecule has 0 radical (unpaired) electrons. The minimum Gasteiger partial charge on any atom is -0.486 e. The molecule has 0 fully saturated rings. The molecule has 0 bridgehead atoms. The molecular formula is C13H16O2. The molecule has 1 N–H and O–H groups in total. The van der Waals surface area contributed by atoms with E-state index in [9.17, 15) is 5.11 Å². The van der Waals surface area contributed by atoms with Crippen molar-refractivity contribution in [3.63, 3.8) is 0 Å². The Morgan fingerprint density at radius 1 is 1.47 bits per heavy atom. The van der Waals surface area contributed by atoms with E-state index in [-0.39, 0.29) is 6.10 Å². The van der Waals surface area contributed by atoms with Gasteiger partial charge in [0, 0.05) is 12.0 Å². The molecule has 80 valence electrons. The van der Waals surface area contributed by atoms with Gasteiger partial charge in [0.1, 0.15) is 11.9 Å². The Hall–Kier alpha value is -1.28. The van der Waals surface area contributed by atoms with Crippen LogP contribution in [0.1, 0.15) is 30.6 Å². The average Bonchev–Trinajstić information content (AvgIpc) is 2.20. The molecule has 0 saturated carbocycles. The summed E-state index contributed by atoms with van der Waals surface area (Å²) in [7, 11) is 0. The molecule has 1 heterocycles. The second kappa shape index (κ2) is 4.07. The molecule has 0 aromatic heterocycles. The zero-order valence-corrected chi connectivity index (χ0v) is 9.10. The number of aliphatic hydroxyl groups is 1. The third-order valence-corrected chi connectivity index (χ3v) is 2.67. The molecule has 2 nitrogen and oxygen atoms in total. The maximum Gasteiger partial charge on any atom is 0.126 e. The summed E-state index contributed by atoms with van der Waals surface area (Å²) in [5.74, 6) is 0.808. The van der Waals surface area contributed by atoms with E-state index in [1.807, 2.05) is 44.2 Å². The first-order valence-electron chi connectivity index (χ1n) is 5.29. The maximum absolute atomic E-state index is 9.97. The van der Waals surface area contributed by atoms with Crippen molar-refractivity contribution in [2.75, 3.05) is 0 Å². The second-order valence-electron chi connectivity index (χ2n) is 3.97. The van der Waals surface area contributed by atoms with E-state index in [1.54, 1.807) is 0 Å². The molecule has 2 atom stereocenters. The summed E-state index contributed by atoms with van der Waals surface area (Å²) in [5, 5.41) is 9.97. The van der Waals surface area contributed by atoms with Crippen molar-refractivity contribution >= 4 is 0 Å². The Morgan fingerprint density at radius 2 is 2.27 bits per heavy atom. The number of ether oxygens (including phenoxy) is 1. The second-order valence-corrected chi connectivity index (χ2v) is 3.97. The first-order valence-corrected chi connectivity index (χ1v) is 5.29. The van der Waals surface area contributed by atoms with Crippen molar-refractivity contribution in [1.82, 2.24) is 0 Å². The van der Waals surface area contributed by atoms with Crippen LogP contribution in [0, 0.1) is 6.92 Å². The monoisotopic (exact) mass is 204 g/mol. The van der Waals surface area contributed by atoms with Crippen LogP contribution in [0.4, 0.5) is 0 Å². The predicted octanol–water partition coefficient (Wildman–Crippen LogP) is 2.76. The number of hydrogen-bond acceptors (Lipinski definition) is 2. The van der Waals surface area contributed by atoms with Gasteiger partial charge in [-0.25, -0.2) is 0 Å². The number of benzene rings is 1. The van der Waals surface area contributed by atoms with E-state index in [0.717, 1.165) is 16.9 Å². The van der Waals surface area contributed by atoms with Crippen LogP contribution in [-0.4, -0.2) is 11.2 Å². The number of aliphatic hydroxyl groups excluding tert-OH is 1. The largest absolute Gasteiger partial charge is 0.486 e. The first-order chi connectivity index (χ1) is 7.20. The van der Waals surface area contributed by atoms with Crippen LogP contribution in [0.25, 0.3) is 0 Å². The Bertz CT molecular complexity index is 382. The Kier molecular flexibility index (Phi) is 2.78. The lowest BCUT2D eigenvalue weighted by Crippen LogP contribution is -2.23. The Balaban J connectivity index is 2.32. The van der Waals surface area contributed by atoms with E-state index in [1.165, 1.54) is 0 Å². The summed E-state index contributed by atoms with van der Waals surface area (Å²) in [5.41, 5.74) is 2.07. The molecular weight excluding hydrogens is 188 g/mol. The first kappa shape index (κ1) is 10.2. The molecule has 1 aromatic rings. The lowest BCUT2D eigenvalue weighted by Gasteiger charge is -2.28. The fraction of sp³-hybridized carbons (Fsp3) is 0.385. The summed E-state index contributed by atoms with van der Waals surface area (Å²) >= 11 is 0. The molecule has 1 aromatic carbocycles. The van der Waals surface area contributed by atoms with Crippen LogP contribution in [-0.2, 0) is 0 Å². The summed E-state index contributed by atoms with van der Waals surface area (Å²) < 4.78 is 5.75. The van der Waals surface area contributed by atoms with Gasteiger partial charge in [0.05, 0.1) is 6.10 Å². The zero-order chi connectivity index (χ0) is 10.8. The zero-order valence-electron chi connectivity index (χ0n) is 9.10. The highest BCUT2D eigenvalue weighted by molar-refractivity contribution is 5.40. The van der Waals surface area contributed by atoms with Crippen LogP contribution in [0.2, 0.25) is 0 Å². The van der Waals surface area contributed by atoms with E-state index in [4.69, 9.17) is 4.74 Å². The van der Waals surface area contributed by atoms with Gasteiger partial charge in [-0.1, -0.05) is 17.7 Å². The lowest BCUT2D eigenvalue weighted by atomic mass is 9.97. The molecule has 0 spiro atoms. The molecule has 1 aliphatic heterocycles. The van der Waals surface area contributed by atoms with Crippen molar-refractivity contribution in [3.05, 3.63) is 41.5 Å². The van der Waals surface area contributed by atoms with Gasteiger partial charge in [-0.15, -0.1) is 0 Å². The number of rotatable bonds is 1. The highest BCUT2D eigenvalue weighted by Crippen LogP contribution is 2.35. The van der Waals surface area contributed by atoms with Gasteiger partial charge in [-0.05, 0) is 32.1 Å². The van der Waals surface area contributed by atoms with Gasteiger partial charge in [0.2, 0.25) is 0 Å². The van der Waals surface area contributed by atoms with Crippen molar-refractivity contribution in [1.29, 1.82) is 0 Å². The smallest absolute Gasteiger partial charge is 0.126 e. The van der Waals surface area contributed by atoms with E-state index < -0.39 is 6.10 Å². The van der Waals surface area contributed by atoms with E-state index in [0.29, 0.717) is 6.42 Å². The van der Waals surface area contributed by atoms with Crippen molar-refractivity contribution in [2.45, 2.75) is 32.5 Å². The minimum atomic E-state index is -0.408. The predicted molar refractivity (Wildman–Crippen MR) is 60.0 cm³/mol. The van der Waals surface area contributed by atoms with Gasteiger partial charge in [-0.3, -0.25) is 0 Å². The average molecular weight is 204 g/mol. The quantitative estimate of drug-likeness (QED) is 0.713. The van der Waals surface area contributed by atoms with Crippen LogP contribution >= 0.6 is 0 Å². The Labute approximate surface area is 90.2 Å².